The third-order valence-electron chi connectivity index (χ3n) is 4.81. The molecule has 0 radical (unpaired) electrons. The number of carbonyl (C=O) groups is 2. The maximum absolute atomic E-state index is 12.2. The Balaban J connectivity index is 1.56. The van der Waals surface area contributed by atoms with Gasteiger partial charge in [0.2, 0.25) is 0 Å². The number of aryl methyl sites for hydroxylation is 2. The maximum Gasteiger partial charge on any atom is 0.338 e. The van der Waals surface area contributed by atoms with Crippen LogP contribution in [0.3, 0.4) is 0 Å². The zero-order chi connectivity index (χ0) is 18.8. The molecule has 138 valence electrons. The van der Waals surface area contributed by atoms with Crippen LogP contribution >= 0.6 is 0 Å². The van der Waals surface area contributed by atoms with Gasteiger partial charge in [-0.3, -0.25) is 4.79 Å². The lowest BCUT2D eigenvalue weighted by molar-refractivity contribution is 0.0526. The molecule has 0 saturated heterocycles. The summed E-state index contributed by atoms with van der Waals surface area (Å²) in [6.45, 7) is 3.48. The van der Waals surface area contributed by atoms with Crippen molar-refractivity contribution in [1.82, 2.24) is 14.9 Å². The Labute approximate surface area is 157 Å². The van der Waals surface area contributed by atoms with E-state index in [4.69, 9.17) is 9.72 Å². The molecule has 1 aliphatic rings. The van der Waals surface area contributed by atoms with Crippen LogP contribution in [-0.4, -0.2) is 34.6 Å². The number of hydrogen-bond acceptors (Lipinski definition) is 4. The van der Waals surface area contributed by atoms with Crippen molar-refractivity contribution in [2.75, 3.05) is 13.2 Å². The molecule has 0 fully saturated rings. The van der Waals surface area contributed by atoms with Crippen molar-refractivity contribution >= 4 is 22.9 Å². The Hall–Kier alpha value is -3.15. The second-order valence-electron chi connectivity index (χ2n) is 6.53. The zero-order valence-electron chi connectivity index (χ0n) is 15.2. The molecule has 2 aromatic carbocycles. The predicted molar refractivity (Wildman–Crippen MR) is 102 cm³/mol. The van der Waals surface area contributed by atoms with Gasteiger partial charge >= 0.3 is 5.97 Å². The Morgan fingerprint density at radius 3 is 2.78 bits per heavy atom. The van der Waals surface area contributed by atoms with Gasteiger partial charge in [0.1, 0.15) is 5.82 Å². The molecular formula is C21H21N3O3. The van der Waals surface area contributed by atoms with Gasteiger partial charge in [-0.1, -0.05) is 18.2 Å². The van der Waals surface area contributed by atoms with Crippen LogP contribution in [0, 0.1) is 0 Å². The number of esters is 1. The van der Waals surface area contributed by atoms with Crippen LogP contribution in [0.1, 0.15) is 39.0 Å². The van der Waals surface area contributed by atoms with E-state index >= 15 is 0 Å². The molecule has 1 N–H and O–H groups in total. The highest BCUT2D eigenvalue weighted by molar-refractivity contribution is 6.05. The largest absolute Gasteiger partial charge is 0.462 e. The first kappa shape index (κ1) is 17.3. The third-order valence-corrected chi connectivity index (χ3v) is 4.81. The van der Waals surface area contributed by atoms with Crippen LogP contribution < -0.4 is 5.32 Å². The van der Waals surface area contributed by atoms with Crippen LogP contribution in [0.25, 0.3) is 11.0 Å². The molecule has 0 bridgehead atoms. The van der Waals surface area contributed by atoms with Gasteiger partial charge in [0.05, 0.1) is 28.8 Å². The lowest BCUT2D eigenvalue weighted by atomic mass is 10.1. The quantitative estimate of drug-likeness (QED) is 0.708. The first-order valence-corrected chi connectivity index (χ1v) is 9.19. The topological polar surface area (TPSA) is 73.2 Å². The summed E-state index contributed by atoms with van der Waals surface area (Å²) in [5, 5.41) is 2.93. The lowest BCUT2D eigenvalue weighted by Crippen LogP contribution is -2.24. The molecule has 0 spiro atoms. The van der Waals surface area contributed by atoms with E-state index in [0.29, 0.717) is 24.3 Å². The number of nitrogens with zero attached hydrogens (tertiary/aromatic N) is 2. The zero-order valence-corrected chi connectivity index (χ0v) is 15.2. The average molecular weight is 363 g/mol. The Bertz CT molecular complexity index is 1010. The summed E-state index contributed by atoms with van der Waals surface area (Å²) in [6, 6.07) is 13.2. The van der Waals surface area contributed by atoms with Crippen molar-refractivity contribution in [3.8, 4) is 0 Å². The number of rotatable bonds is 5. The van der Waals surface area contributed by atoms with E-state index in [9.17, 15) is 9.59 Å². The summed E-state index contributed by atoms with van der Waals surface area (Å²) >= 11 is 0. The van der Waals surface area contributed by atoms with Crippen molar-refractivity contribution in [1.29, 1.82) is 0 Å². The number of hydrogen-bond donors (Lipinski definition) is 1. The van der Waals surface area contributed by atoms with Crippen LogP contribution in [0.15, 0.2) is 42.5 Å². The van der Waals surface area contributed by atoms with Gasteiger partial charge in [-0.15, -0.1) is 0 Å². The number of carbonyl (C=O) groups excluding carboxylic acids is 2. The van der Waals surface area contributed by atoms with E-state index in [-0.39, 0.29) is 11.9 Å². The molecule has 6 nitrogen and oxygen atoms in total. The van der Waals surface area contributed by atoms with Crippen molar-refractivity contribution in [3.63, 3.8) is 0 Å². The number of benzene rings is 2. The molecule has 0 aliphatic carbocycles. The molecule has 2 heterocycles. The number of imidazole rings is 1. The summed E-state index contributed by atoms with van der Waals surface area (Å²) in [6.07, 6.45) is 1.57. The van der Waals surface area contributed by atoms with E-state index in [1.54, 1.807) is 19.1 Å². The summed E-state index contributed by atoms with van der Waals surface area (Å²) in [7, 11) is 0. The van der Waals surface area contributed by atoms with Gasteiger partial charge in [-0.2, -0.15) is 0 Å². The van der Waals surface area contributed by atoms with E-state index in [1.807, 2.05) is 30.3 Å². The monoisotopic (exact) mass is 363 g/mol. The molecule has 1 aliphatic heterocycles. The minimum Gasteiger partial charge on any atom is -0.462 e. The SMILES string of the molecule is CCOC(=O)c1ccc(CCc2nc3cccc4c3n2CCNC4=O)cc1. The van der Waals surface area contributed by atoms with Crippen LogP contribution in [0.4, 0.5) is 0 Å². The summed E-state index contributed by atoms with van der Waals surface area (Å²) in [5.41, 5.74) is 4.15. The summed E-state index contributed by atoms with van der Waals surface area (Å²) in [4.78, 5) is 28.7. The fourth-order valence-electron chi connectivity index (χ4n) is 3.50. The lowest BCUT2D eigenvalue weighted by Gasteiger charge is -2.08. The predicted octanol–water partition coefficient (Wildman–Crippen LogP) is 2.74. The van der Waals surface area contributed by atoms with Crippen LogP contribution in [0.2, 0.25) is 0 Å². The van der Waals surface area contributed by atoms with Crippen molar-refractivity contribution in [2.24, 2.45) is 0 Å². The number of aromatic nitrogens is 2. The van der Waals surface area contributed by atoms with E-state index in [2.05, 4.69) is 9.88 Å². The molecular weight excluding hydrogens is 342 g/mol. The van der Waals surface area contributed by atoms with Crippen molar-refractivity contribution in [2.45, 2.75) is 26.3 Å². The standard InChI is InChI=1S/C21H21N3O3/c1-2-27-21(26)15-9-6-14(7-10-15)8-11-18-23-17-5-3-4-16-19(17)24(18)13-12-22-20(16)25/h3-7,9-10H,2,8,11-13H2,1H3,(H,22,25). The number of amides is 1. The van der Waals surface area contributed by atoms with E-state index < -0.39 is 0 Å². The minimum absolute atomic E-state index is 0.0413. The molecule has 1 amide bonds. The van der Waals surface area contributed by atoms with E-state index in [0.717, 1.165) is 41.8 Å². The number of para-hydroxylation sites is 1. The van der Waals surface area contributed by atoms with Gasteiger partial charge in [0.25, 0.3) is 5.91 Å². The number of nitrogens with one attached hydrogen (secondary N) is 1. The van der Waals surface area contributed by atoms with Crippen molar-refractivity contribution in [3.05, 3.63) is 65.0 Å². The van der Waals surface area contributed by atoms with Gasteiger partial charge in [0.15, 0.2) is 0 Å². The maximum atomic E-state index is 12.2. The third kappa shape index (κ3) is 3.30. The Morgan fingerprint density at radius 2 is 2.00 bits per heavy atom. The normalized spacial score (nSPS) is 13.3. The highest BCUT2D eigenvalue weighted by Gasteiger charge is 2.20. The molecule has 3 aromatic rings. The van der Waals surface area contributed by atoms with Gasteiger partial charge in [0, 0.05) is 19.5 Å². The van der Waals surface area contributed by atoms with Gasteiger partial charge in [-0.05, 0) is 43.2 Å². The molecule has 6 heteroatoms. The molecule has 0 atom stereocenters. The van der Waals surface area contributed by atoms with Crippen molar-refractivity contribution < 1.29 is 14.3 Å². The average Bonchev–Trinajstić information content (AvgIpc) is 2.94. The Kier molecular flexibility index (Phi) is 4.62. The highest BCUT2D eigenvalue weighted by atomic mass is 16.5. The summed E-state index contributed by atoms with van der Waals surface area (Å²) < 4.78 is 7.16. The first-order chi connectivity index (χ1) is 13.2. The fraction of sp³-hybridized carbons (Fsp3) is 0.286. The highest BCUT2D eigenvalue weighted by Crippen LogP contribution is 2.23. The smallest absolute Gasteiger partial charge is 0.338 e. The molecule has 4 rings (SSSR count). The van der Waals surface area contributed by atoms with Crippen LogP contribution in [-0.2, 0) is 24.1 Å². The second-order valence-corrected chi connectivity index (χ2v) is 6.53. The van der Waals surface area contributed by atoms with Gasteiger partial charge in [-0.25, -0.2) is 9.78 Å². The second kappa shape index (κ2) is 7.23. The molecule has 27 heavy (non-hydrogen) atoms. The van der Waals surface area contributed by atoms with Crippen LogP contribution in [0.5, 0.6) is 0 Å². The molecule has 0 unspecified atom stereocenters. The fourth-order valence-corrected chi connectivity index (χ4v) is 3.50. The molecule has 1 aromatic heterocycles. The van der Waals surface area contributed by atoms with E-state index in [1.165, 1.54) is 0 Å². The number of ether oxygens (including phenoxy) is 1. The molecule has 0 saturated carbocycles. The Morgan fingerprint density at radius 1 is 1.19 bits per heavy atom. The first-order valence-electron chi connectivity index (χ1n) is 9.19. The minimum atomic E-state index is -0.297. The summed E-state index contributed by atoms with van der Waals surface area (Å²) in [5.74, 6) is 0.637. The van der Waals surface area contributed by atoms with Gasteiger partial charge < -0.3 is 14.6 Å².